The minimum atomic E-state index is -3.41. The number of carbonyl (C=O) groups is 1. The summed E-state index contributed by atoms with van der Waals surface area (Å²) in [5.74, 6) is 0.272. The molecule has 1 amide bonds. The molecule has 1 aliphatic carbocycles. The van der Waals surface area contributed by atoms with Crippen LogP contribution in [0.1, 0.15) is 38.7 Å². The molecule has 1 saturated carbocycles. The van der Waals surface area contributed by atoms with Gasteiger partial charge in [-0.25, -0.2) is 8.42 Å². The van der Waals surface area contributed by atoms with Crippen molar-refractivity contribution in [3.8, 4) is 0 Å². The van der Waals surface area contributed by atoms with Gasteiger partial charge in [-0.1, -0.05) is 32.4 Å². The number of benzene rings is 1. The maximum atomic E-state index is 12.4. The fourth-order valence-electron chi connectivity index (χ4n) is 2.50. The molecule has 0 unspecified atom stereocenters. The molecule has 1 aliphatic rings. The molecule has 1 N–H and O–H groups in total. The lowest BCUT2D eigenvalue weighted by atomic mass is 9.85. The first kappa shape index (κ1) is 17.0. The minimum Gasteiger partial charge on any atom is -0.352 e. The molecule has 1 fully saturated rings. The first-order valence-corrected chi connectivity index (χ1v) is 9.29. The van der Waals surface area contributed by atoms with Crippen LogP contribution in [0.4, 0.5) is 0 Å². The highest BCUT2D eigenvalue weighted by atomic mass is 32.2. The number of nitrogens with one attached hydrogen (secondary N) is 1. The van der Waals surface area contributed by atoms with Crippen LogP contribution < -0.4 is 5.32 Å². The average Bonchev–Trinajstić information content (AvgIpc) is 2.45. The standard InChI is InChI=1S/C16H24N2O3S/c1-3-18(4-2)22(20,21)15-10-8-13(9-11-15)12-17-16(19)14-6-5-7-14/h8-11,14H,3-7,12H2,1-2H3,(H,17,19). The fraction of sp³-hybridized carbons (Fsp3) is 0.562. The van der Waals surface area contributed by atoms with Crippen LogP contribution in [0.2, 0.25) is 0 Å². The van der Waals surface area contributed by atoms with Crippen molar-refractivity contribution >= 4 is 15.9 Å². The van der Waals surface area contributed by atoms with E-state index in [1.54, 1.807) is 24.3 Å². The Balaban J connectivity index is 1.99. The number of carbonyl (C=O) groups excluding carboxylic acids is 1. The highest BCUT2D eigenvalue weighted by molar-refractivity contribution is 7.89. The zero-order valence-electron chi connectivity index (χ0n) is 13.2. The molecule has 0 aliphatic heterocycles. The average molecular weight is 324 g/mol. The highest BCUT2D eigenvalue weighted by Gasteiger charge is 2.25. The van der Waals surface area contributed by atoms with Crippen molar-refractivity contribution in [3.05, 3.63) is 29.8 Å². The second kappa shape index (κ2) is 7.24. The van der Waals surface area contributed by atoms with E-state index in [1.165, 1.54) is 4.31 Å². The van der Waals surface area contributed by atoms with Crippen molar-refractivity contribution in [2.75, 3.05) is 13.1 Å². The molecule has 0 radical (unpaired) electrons. The van der Waals surface area contributed by atoms with Gasteiger partial charge in [-0.2, -0.15) is 4.31 Å². The Morgan fingerprint density at radius 2 is 1.77 bits per heavy atom. The second-order valence-corrected chi connectivity index (χ2v) is 7.52. The second-order valence-electron chi connectivity index (χ2n) is 5.58. The number of sulfonamides is 1. The van der Waals surface area contributed by atoms with Crippen LogP contribution in [-0.2, 0) is 21.4 Å². The van der Waals surface area contributed by atoms with Crippen molar-refractivity contribution in [2.24, 2.45) is 5.92 Å². The third-order valence-corrected chi connectivity index (χ3v) is 6.27. The van der Waals surface area contributed by atoms with Crippen molar-refractivity contribution in [2.45, 2.75) is 44.6 Å². The molecule has 22 heavy (non-hydrogen) atoms. The van der Waals surface area contributed by atoms with Gasteiger partial charge in [-0.05, 0) is 30.5 Å². The Kier molecular flexibility index (Phi) is 5.58. The van der Waals surface area contributed by atoms with Crippen LogP contribution in [0, 0.1) is 5.92 Å². The molecule has 0 heterocycles. The summed E-state index contributed by atoms with van der Waals surface area (Å²) in [6.07, 6.45) is 3.09. The van der Waals surface area contributed by atoms with Crippen LogP contribution >= 0.6 is 0 Å². The molecule has 0 bridgehead atoms. The number of nitrogens with zero attached hydrogens (tertiary/aromatic N) is 1. The van der Waals surface area contributed by atoms with E-state index in [4.69, 9.17) is 0 Å². The summed E-state index contributed by atoms with van der Waals surface area (Å²) in [5.41, 5.74) is 0.908. The van der Waals surface area contributed by atoms with E-state index in [9.17, 15) is 13.2 Å². The maximum absolute atomic E-state index is 12.4. The van der Waals surface area contributed by atoms with E-state index in [1.807, 2.05) is 13.8 Å². The Morgan fingerprint density at radius 3 is 2.23 bits per heavy atom. The topological polar surface area (TPSA) is 66.5 Å². The van der Waals surface area contributed by atoms with Crippen LogP contribution in [0.5, 0.6) is 0 Å². The van der Waals surface area contributed by atoms with Gasteiger partial charge in [0.25, 0.3) is 0 Å². The molecule has 1 aromatic carbocycles. The third kappa shape index (κ3) is 3.67. The lowest BCUT2D eigenvalue weighted by Gasteiger charge is -2.24. The molecular weight excluding hydrogens is 300 g/mol. The van der Waals surface area contributed by atoms with Gasteiger partial charge >= 0.3 is 0 Å². The highest BCUT2D eigenvalue weighted by Crippen LogP contribution is 2.26. The normalized spacial score (nSPS) is 15.6. The molecule has 0 aromatic heterocycles. The van der Waals surface area contributed by atoms with Crippen molar-refractivity contribution in [1.82, 2.24) is 9.62 Å². The Hall–Kier alpha value is -1.40. The smallest absolute Gasteiger partial charge is 0.243 e. The van der Waals surface area contributed by atoms with Gasteiger partial charge in [0.05, 0.1) is 4.90 Å². The third-order valence-electron chi connectivity index (χ3n) is 4.21. The lowest BCUT2D eigenvalue weighted by Crippen LogP contribution is -2.34. The van der Waals surface area contributed by atoms with Crippen LogP contribution in [0.15, 0.2) is 29.2 Å². The van der Waals surface area contributed by atoms with Gasteiger partial charge in [-0.15, -0.1) is 0 Å². The molecule has 0 saturated heterocycles. The van der Waals surface area contributed by atoms with Crippen LogP contribution in [0.3, 0.4) is 0 Å². The van der Waals surface area contributed by atoms with Crippen molar-refractivity contribution < 1.29 is 13.2 Å². The first-order chi connectivity index (χ1) is 10.5. The van der Waals surface area contributed by atoms with Crippen molar-refractivity contribution in [3.63, 3.8) is 0 Å². The maximum Gasteiger partial charge on any atom is 0.243 e. The summed E-state index contributed by atoms with van der Waals surface area (Å²) < 4.78 is 26.2. The van der Waals surface area contributed by atoms with Crippen LogP contribution in [0.25, 0.3) is 0 Å². The van der Waals surface area contributed by atoms with Crippen molar-refractivity contribution in [1.29, 1.82) is 0 Å². The number of rotatable bonds is 7. The molecule has 122 valence electrons. The van der Waals surface area contributed by atoms with Gasteiger partial charge in [0.1, 0.15) is 0 Å². The fourth-order valence-corrected chi connectivity index (χ4v) is 3.95. The summed E-state index contributed by atoms with van der Waals surface area (Å²) in [4.78, 5) is 12.1. The van der Waals surface area contributed by atoms with E-state index in [2.05, 4.69) is 5.32 Å². The predicted octanol–water partition coefficient (Wildman–Crippen LogP) is 2.13. The summed E-state index contributed by atoms with van der Waals surface area (Å²) in [7, 11) is -3.41. The number of hydrogen-bond acceptors (Lipinski definition) is 3. The van der Waals surface area contributed by atoms with E-state index < -0.39 is 10.0 Å². The molecule has 1 aromatic rings. The van der Waals surface area contributed by atoms with Gasteiger partial charge in [0.15, 0.2) is 0 Å². The largest absolute Gasteiger partial charge is 0.352 e. The van der Waals surface area contributed by atoms with E-state index in [0.717, 1.165) is 24.8 Å². The first-order valence-electron chi connectivity index (χ1n) is 7.85. The molecule has 0 atom stereocenters. The van der Waals surface area contributed by atoms with Gasteiger partial charge in [0.2, 0.25) is 15.9 Å². The molecule has 2 rings (SSSR count). The molecule has 6 heteroatoms. The Labute approximate surface area is 132 Å². The van der Waals surface area contributed by atoms with Gasteiger partial charge in [-0.3, -0.25) is 4.79 Å². The van der Waals surface area contributed by atoms with E-state index >= 15 is 0 Å². The summed E-state index contributed by atoms with van der Waals surface area (Å²) >= 11 is 0. The zero-order valence-corrected chi connectivity index (χ0v) is 14.0. The summed E-state index contributed by atoms with van der Waals surface area (Å²) in [6.45, 7) is 5.01. The predicted molar refractivity (Wildman–Crippen MR) is 85.7 cm³/mol. The van der Waals surface area contributed by atoms with Gasteiger partial charge < -0.3 is 5.32 Å². The zero-order chi connectivity index (χ0) is 16.2. The summed E-state index contributed by atoms with van der Waals surface area (Å²) in [5, 5.41) is 2.91. The lowest BCUT2D eigenvalue weighted by molar-refractivity contribution is -0.127. The van der Waals surface area contributed by atoms with E-state index in [0.29, 0.717) is 24.5 Å². The number of hydrogen-bond donors (Lipinski definition) is 1. The number of amides is 1. The SMILES string of the molecule is CCN(CC)S(=O)(=O)c1ccc(CNC(=O)C2CCC2)cc1. The summed E-state index contributed by atoms with van der Waals surface area (Å²) in [6, 6.07) is 6.74. The Bertz CT molecular complexity index is 603. The van der Waals surface area contributed by atoms with E-state index in [-0.39, 0.29) is 11.8 Å². The van der Waals surface area contributed by atoms with Gasteiger partial charge in [0, 0.05) is 25.6 Å². The van der Waals surface area contributed by atoms with Crippen LogP contribution in [-0.4, -0.2) is 31.7 Å². The molecule has 0 spiro atoms. The quantitative estimate of drug-likeness (QED) is 0.835. The minimum absolute atomic E-state index is 0.103. The monoisotopic (exact) mass is 324 g/mol. The Morgan fingerprint density at radius 1 is 1.18 bits per heavy atom. The molecular formula is C16H24N2O3S. The molecule has 5 nitrogen and oxygen atoms in total.